The number of carbonyl (C=O) groups excluding carboxylic acids is 1. The van der Waals surface area contributed by atoms with Crippen molar-refractivity contribution in [3.05, 3.63) is 96.3 Å². The molecule has 8 heteroatoms. The quantitative estimate of drug-likeness (QED) is 0.331. The maximum Gasteiger partial charge on any atom is 0.258 e. The highest BCUT2D eigenvalue weighted by atomic mass is 16.1. The molecule has 0 radical (unpaired) electrons. The molecule has 3 aromatic carbocycles. The lowest BCUT2D eigenvalue weighted by molar-refractivity contribution is -0.121. The fourth-order valence-electron chi connectivity index (χ4n) is 4.71. The number of rotatable bonds is 8. The van der Waals surface area contributed by atoms with E-state index >= 15 is 0 Å². The standard InChI is InChI=1S/C29H27N7O/c1-20(21-11-4-2-5-12-21)19-30-26(37)18-10-17-25-32-33-29-35(25)24-16-9-8-15-23(24)28-31-27(34-36(28)29)22-13-6-3-7-14-22/h2-9,11-16,20H,10,17-19H2,1H3,(H,30,37). The third kappa shape index (κ3) is 4.42. The SMILES string of the molecule is CC(CNC(=O)CCCc1nnc2n3nc(-c4ccccc4)nc3c3ccccc3n12)c1ccccc1. The van der Waals surface area contributed by atoms with Gasteiger partial charge in [0.15, 0.2) is 11.5 Å². The van der Waals surface area contributed by atoms with Crippen LogP contribution in [-0.4, -0.2) is 41.6 Å². The van der Waals surface area contributed by atoms with Crippen molar-refractivity contribution in [3.8, 4) is 11.4 Å². The molecule has 8 nitrogen and oxygen atoms in total. The summed E-state index contributed by atoms with van der Waals surface area (Å²) in [4.78, 5) is 17.3. The molecule has 0 aliphatic rings. The Morgan fingerprint density at radius 1 is 0.919 bits per heavy atom. The molecule has 0 spiro atoms. The first-order chi connectivity index (χ1) is 18.2. The largest absolute Gasteiger partial charge is 0.356 e. The molecule has 6 aromatic rings. The Balaban J connectivity index is 1.22. The van der Waals surface area contributed by atoms with Crippen molar-refractivity contribution in [1.82, 2.24) is 34.5 Å². The van der Waals surface area contributed by atoms with E-state index in [9.17, 15) is 4.79 Å². The van der Waals surface area contributed by atoms with Crippen molar-refractivity contribution in [2.75, 3.05) is 6.54 Å². The van der Waals surface area contributed by atoms with E-state index in [0.717, 1.165) is 27.9 Å². The predicted molar refractivity (Wildman–Crippen MR) is 143 cm³/mol. The van der Waals surface area contributed by atoms with Crippen molar-refractivity contribution in [3.63, 3.8) is 0 Å². The third-order valence-electron chi connectivity index (χ3n) is 6.71. The minimum Gasteiger partial charge on any atom is -0.356 e. The zero-order valence-corrected chi connectivity index (χ0v) is 20.6. The van der Waals surface area contributed by atoms with E-state index in [2.05, 4.69) is 34.6 Å². The van der Waals surface area contributed by atoms with Crippen molar-refractivity contribution in [1.29, 1.82) is 0 Å². The van der Waals surface area contributed by atoms with Gasteiger partial charge in [0, 0.05) is 30.3 Å². The van der Waals surface area contributed by atoms with Gasteiger partial charge in [0.05, 0.1) is 5.52 Å². The molecule has 1 atom stereocenters. The summed E-state index contributed by atoms with van der Waals surface area (Å²) in [7, 11) is 0. The molecule has 0 saturated carbocycles. The number of fused-ring (bicyclic) bond motifs is 6. The number of nitrogens with one attached hydrogen (secondary N) is 1. The number of para-hydroxylation sites is 1. The molecule has 1 N–H and O–H groups in total. The van der Waals surface area contributed by atoms with E-state index in [4.69, 9.17) is 10.1 Å². The van der Waals surface area contributed by atoms with Crippen LogP contribution >= 0.6 is 0 Å². The zero-order chi connectivity index (χ0) is 25.2. The Bertz CT molecular complexity index is 1690. The van der Waals surface area contributed by atoms with Gasteiger partial charge in [-0.15, -0.1) is 15.3 Å². The van der Waals surface area contributed by atoms with Crippen LogP contribution in [0.15, 0.2) is 84.9 Å². The molecule has 184 valence electrons. The van der Waals surface area contributed by atoms with Gasteiger partial charge >= 0.3 is 0 Å². The van der Waals surface area contributed by atoms with E-state index in [1.54, 1.807) is 4.52 Å². The van der Waals surface area contributed by atoms with Gasteiger partial charge in [-0.2, -0.15) is 4.52 Å². The number of hydrogen-bond donors (Lipinski definition) is 1. The second kappa shape index (κ2) is 9.81. The molecule has 0 aliphatic heterocycles. The monoisotopic (exact) mass is 489 g/mol. The topological polar surface area (TPSA) is 89.5 Å². The minimum atomic E-state index is 0.0487. The maximum absolute atomic E-state index is 12.5. The van der Waals surface area contributed by atoms with E-state index in [1.807, 2.05) is 77.2 Å². The third-order valence-corrected chi connectivity index (χ3v) is 6.71. The first-order valence-corrected chi connectivity index (χ1v) is 12.6. The van der Waals surface area contributed by atoms with Crippen molar-refractivity contribution < 1.29 is 4.79 Å². The van der Waals surface area contributed by atoms with E-state index in [-0.39, 0.29) is 11.8 Å². The molecular formula is C29H27N7O. The lowest BCUT2D eigenvalue weighted by atomic mass is 10.0. The Morgan fingerprint density at radius 3 is 2.46 bits per heavy atom. The molecule has 1 amide bonds. The van der Waals surface area contributed by atoms with Gasteiger partial charge in [0.1, 0.15) is 5.82 Å². The van der Waals surface area contributed by atoms with Crippen LogP contribution in [0.4, 0.5) is 0 Å². The molecule has 3 aromatic heterocycles. The van der Waals surface area contributed by atoms with Gasteiger partial charge in [0.25, 0.3) is 5.78 Å². The predicted octanol–water partition coefficient (Wildman–Crippen LogP) is 4.83. The van der Waals surface area contributed by atoms with Crippen molar-refractivity contribution in [2.45, 2.75) is 32.1 Å². The van der Waals surface area contributed by atoms with Gasteiger partial charge < -0.3 is 5.32 Å². The molecule has 3 heterocycles. The zero-order valence-electron chi connectivity index (χ0n) is 20.6. The molecule has 1 unspecified atom stereocenters. The van der Waals surface area contributed by atoms with Gasteiger partial charge in [0.2, 0.25) is 5.91 Å². The molecule has 0 saturated heterocycles. The number of aryl methyl sites for hydroxylation is 1. The summed E-state index contributed by atoms with van der Waals surface area (Å²) in [6.07, 6.45) is 1.72. The average Bonchev–Trinajstić information content (AvgIpc) is 3.58. The molecule has 6 rings (SSSR count). The van der Waals surface area contributed by atoms with Crippen LogP contribution in [0.3, 0.4) is 0 Å². The van der Waals surface area contributed by atoms with Gasteiger partial charge in [-0.1, -0.05) is 79.7 Å². The number of amides is 1. The first-order valence-electron chi connectivity index (χ1n) is 12.6. The summed E-state index contributed by atoms with van der Waals surface area (Å²) < 4.78 is 3.79. The van der Waals surface area contributed by atoms with Crippen LogP contribution in [0.1, 0.15) is 37.1 Å². The number of nitrogens with zero attached hydrogens (tertiary/aromatic N) is 6. The normalized spacial score (nSPS) is 12.4. The van der Waals surface area contributed by atoms with E-state index in [0.29, 0.717) is 37.4 Å². The average molecular weight is 490 g/mol. The Labute approximate surface area is 214 Å². The summed E-state index contributed by atoms with van der Waals surface area (Å²) in [5, 5.41) is 17.8. The van der Waals surface area contributed by atoms with Crippen LogP contribution in [0.25, 0.3) is 33.7 Å². The van der Waals surface area contributed by atoms with Crippen LogP contribution in [0.5, 0.6) is 0 Å². The molecule has 0 fully saturated rings. The Hall–Kier alpha value is -4.59. The van der Waals surface area contributed by atoms with Crippen molar-refractivity contribution in [2.24, 2.45) is 0 Å². The molecule has 0 aliphatic carbocycles. The highest BCUT2D eigenvalue weighted by Crippen LogP contribution is 2.25. The summed E-state index contributed by atoms with van der Waals surface area (Å²) in [5.41, 5.74) is 3.88. The number of hydrogen-bond acceptors (Lipinski definition) is 5. The fourth-order valence-corrected chi connectivity index (χ4v) is 4.71. The van der Waals surface area contributed by atoms with E-state index in [1.165, 1.54) is 5.56 Å². The number of aromatic nitrogens is 6. The van der Waals surface area contributed by atoms with Gasteiger partial charge in [-0.25, -0.2) is 4.98 Å². The lowest BCUT2D eigenvalue weighted by Gasteiger charge is -2.13. The first kappa shape index (κ1) is 22.8. The lowest BCUT2D eigenvalue weighted by Crippen LogP contribution is -2.27. The van der Waals surface area contributed by atoms with Crippen molar-refractivity contribution >= 4 is 28.2 Å². The maximum atomic E-state index is 12.5. The second-order valence-electron chi connectivity index (χ2n) is 9.27. The number of benzene rings is 3. The molecule has 37 heavy (non-hydrogen) atoms. The highest BCUT2D eigenvalue weighted by molar-refractivity contribution is 5.94. The minimum absolute atomic E-state index is 0.0487. The fraction of sp³-hybridized carbons (Fsp3) is 0.207. The van der Waals surface area contributed by atoms with Crippen LogP contribution in [-0.2, 0) is 11.2 Å². The summed E-state index contributed by atoms with van der Waals surface area (Å²) in [6, 6.07) is 28.2. The Morgan fingerprint density at radius 2 is 1.65 bits per heavy atom. The highest BCUT2D eigenvalue weighted by Gasteiger charge is 2.18. The number of carbonyl (C=O) groups is 1. The van der Waals surface area contributed by atoms with Crippen LogP contribution in [0.2, 0.25) is 0 Å². The molecular weight excluding hydrogens is 462 g/mol. The van der Waals surface area contributed by atoms with Crippen LogP contribution < -0.4 is 5.32 Å². The Kier molecular flexibility index (Phi) is 6.06. The summed E-state index contributed by atoms with van der Waals surface area (Å²) in [6.45, 7) is 2.74. The van der Waals surface area contributed by atoms with Crippen LogP contribution in [0, 0.1) is 0 Å². The summed E-state index contributed by atoms with van der Waals surface area (Å²) in [5.74, 6) is 2.37. The molecule has 0 bridgehead atoms. The summed E-state index contributed by atoms with van der Waals surface area (Å²) >= 11 is 0. The van der Waals surface area contributed by atoms with E-state index < -0.39 is 0 Å². The van der Waals surface area contributed by atoms with Gasteiger partial charge in [-0.3, -0.25) is 9.20 Å². The smallest absolute Gasteiger partial charge is 0.258 e. The van der Waals surface area contributed by atoms with Gasteiger partial charge in [-0.05, 0) is 30.0 Å². The second-order valence-corrected chi connectivity index (χ2v) is 9.27.